The molecular weight excluding hydrogens is 388 g/mol. The molecule has 0 fully saturated rings. The molecule has 140 valence electrons. The second-order valence-electron chi connectivity index (χ2n) is 5.86. The van der Waals surface area contributed by atoms with E-state index in [-0.39, 0.29) is 11.5 Å². The van der Waals surface area contributed by atoms with E-state index < -0.39 is 16.0 Å². The van der Waals surface area contributed by atoms with Crippen molar-refractivity contribution in [2.24, 2.45) is 4.40 Å². The molecule has 2 aromatic carbocycles. The van der Waals surface area contributed by atoms with Crippen molar-refractivity contribution in [2.75, 3.05) is 20.2 Å². The fourth-order valence-corrected chi connectivity index (χ4v) is 4.03. The van der Waals surface area contributed by atoms with Gasteiger partial charge in [-0.15, -0.1) is 4.40 Å². The SMILES string of the molecule is CN(CCOC(=O)C=Cc1cccc(Cl)c1)C1=NS(=O)(=O)c2ccccc21. The average Bonchev–Trinajstić information content (AvgIpc) is 2.92. The van der Waals surface area contributed by atoms with Crippen molar-refractivity contribution in [2.45, 2.75) is 4.90 Å². The minimum atomic E-state index is -3.67. The molecule has 3 rings (SSSR count). The Balaban J connectivity index is 1.56. The lowest BCUT2D eigenvalue weighted by Crippen LogP contribution is -2.30. The van der Waals surface area contributed by atoms with E-state index in [9.17, 15) is 13.2 Å². The van der Waals surface area contributed by atoms with Crippen LogP contribution in [0.1, 0.15) is 11.1 Å². The zero-order chi connectivity index (χ0) is 19.4. The van der Waals surface area contributed by atoms with Gasteiger partial charge in [0.15, 0.2) is 5.84 Å². The topological polar surface area (TPSA) is 76.0 Å². The van der Waals surface area contributed by atoms with Crippen molar-refractivity contribution in [3.63, 3.8) is 0 Å². The van der Waals surface area contributed by atoms with Crippen molar-refractivity contribution < 1.29 is 17.9 Å². The first-order valence-corrected chi connectivity index (χ1v) is 9.94. The summed E-state index contributed by atoms with van der Waals surface area (Å²) in [5.74, 6) is -0.152. The highest BCUT2D eigenvalue weighted by molar-refractivity contribution is 7.90. The van der Waals surface area contributed by atoms with Gasteiger partial charge in [0.2, 0.25) is 0 Å². The van der Waals surface area contributed by atoms with E-state index in [1.54, 1.807) is 54.4 Å². The van der Waals surface area contributed by atoms with Gasteiger partial charge in [0, 0.05) is 23.7 Å². The van der Waals surface area contributed by atoms with Gasteiger partial charge < -0.3 is 9.64 Å². The summed E-state index contributed by atoms with van der Waals surface area (Å²) >= 11 is 5.89. The molecule has 0 saturated heterocycles. The van der Waals surface area contributed by atoms with Crippen LogP contribution in [0.5, 0.6) is 0 Å². The number of benzene rings is 2. The lowest BCUT2D eigenvalue weighted by atomic mass is 10.2. The van der Waals surface area contributed by atoms with Crippen molar-refractivity contribution >= 4 is 39.5 Å². The number of rotatable bonds is 5. The highest BCUT2D eigenvalue weighted by atomic mass is 35.5. The molecule has 2 aromatic rings. The van der Waals surface area contributed by atoms with E-state index in [1.165, 1.54) is 12.1 Å². The number of esters is 1. The summed E-state index contributed by atoms with van der Waals surface area (Å²) in [5, 5.41) is 0.583. The van der Waals surface area contributed by atoms with E-state index >= 15 is 0 Å². The number of halogens is 1. The molecule has 0 amide bonds. The standard InChI is InChI=1S/C19H17ClN2O4S/c1-22(19-16-7-2-3-8-17(16)27(24,25)21-19)11-12-26-18(23)10-9-14-5-4-6-15(20)13-14/h2-10,13H,11-12H2,1H3. The highest BCUT2D eigenvalue weighted by Gasteiger charge is 2.30. The summed E-state index contributed by atoms with van der Waals surface area (Å²) in [6, 6.07) is 13.7. The molecule has 1 aliphatic heterocycles. The Morgan fingerprint density at radius 3 is 2.78 bits per heavy atom. The average molecular weight is 405 g/mol. The molecular formula is C19H17ClN2O4S. The maximum atomic E-state index is 12.1. The molecule has 0 radical (unpaired) electrons. The van der Waals surface area contributed by atoms with Crippen molar-refractivity contribution in [3.8, 4) is 0 Å². The number of fused-ring (bicyclic) bond motifs is 1. The highest BCUT2D eigenvalue weighted by Crippen LogP contribution is 2.26. The van der Waals surface area contributed by atoms with Crippen LogP contribution in [0, 0.1) is 0 Å². The molecule has 0 unspecified atom stereocenters. The zero-order valence-corrected chi connectivity index (χ0v) is 16.1. The third-order valence-corrected chi connectivity index (χ3v) is 5.47. The van der Waals surface area contributed by atoms with E-state index in [0.717, 1.165) is 5.56 Å². The first kappa shape index (κ1) is 19.1. The van der Waals surface area contributed by atoms with Crippen LogP contribution in [0.25, 0.3) is 6.08 Å². The lowest BCUT2D eigenvalue weighted by molar-refractivity contribution is -0.137. The van der Waals surface area contributed by atoms with Crippen molar-refractivity contribution in [1.82, 2.24) is 4.90 Å². The molecule has 27 heavy (non-hydrogen) atoms. The molecule has 0 spiro atoms. The molecule has 0 N–H and O–H groups in total. The first-order chi connectivity index (χ1) is 12.9. The quantitative estimate of drug-likeness (QED) is 0.565. The number of nitrogens with zero attached hydrogens (tertiary/aromatic N) is 2. The van der Waals surface area contributed by atoms with Gasteiger partial charge in [-0.05, 0) is 35.9 Å². The van der Waals surface area contributed by atoms with Crippen LogP contribution in [-0.2, 0) is 19.6 Å². The Labute approximate surface area is 162 Å². The minimum Gasteiger partial charge on any atom is -0.461 e. The van der Waals surface area contributed by atoms with Gasteiger partial charge in [-0.1, -0.05) is 35.9 Å². The van der Waals surface area contributed by atoms with Crippen LogP contribution < -0.4 is 0 Å². The third-order valence-electron chi connectivity index (χ3n) is 3.91. The lowest BCUT2D eigenvalue weighted by Gasteiger charge is -2.18. The van der Waals surface area contributed by atoms with Crippen molar-refractivity contribution in [1.29, 1.82) is 0 Å². The number of sulfonamides is 1. The predicted octanol–water partition coefficient (Wildman–Crippen LogP) is 2.98. The molecule has 8 heteroatoms. The number of ether oxygens (including phenoxy) is 1. The van der Waals surface area contributed by atoms with E-state index in [0.29, 0.717) is 23.0 Å². The van der Waals surface area contributed by atoms with Gasteiger partial charge in [-0.2, -0.15) is 8.42 Å². The second kappa shape index (κ2) is 7.94. The Bertz CT molecular complexity index is 1030. The van der Waals surface area contributed by atoms with Gasteiger partial charge in [0.25, 0.3) is 10.0 Å². The van der Waals surface area contributed by atoms with Gasteiger partial charge in [0.1, 0.15) is 11.5 Å². The van der Waals surface area contributed by atoms with Gasteiger partial charge >= 0.3 is 5.97 Å². The number of likely N-dealkylation sites (N-methyl/N-ethyl adjacent to an activating group) is 1. The van der Waals surface area contributed by atoms with Gasteiger partial charge in [-0.3, -0.25) is 0 Å². The van der Waals surface area contributed by atoms with Crippen LogP contribution in [0.4, 0.5) is 0 Å². The Morgan fingerprint density at radius 2 is 2.00 bits per heavy atom. The molecule has 1 heterocycles. The summed E-state index contributed by atoms with van der Waals surface area (Å²) in [6.07, 6.45) is 2.93. The number of amidine groups is 1. The monoisotopic (exact) mass is 404 g/mol. The number of hydrogen-bond donors (Lipinski definition) is 0. The molecule has 0 atom stereocenters. The Kier molecular flexibility index (Phi) is 5.62. The molecule has 0 aromatic heterocycles. The fraction of sp³-hybridized carbons (Fsp3) is 0.158. The first-order valence-electron chi connectivity index (χ1n) is 8.13. The summed E-state index contributed by atoms with van der Waals surface area (Å²) in [5.41, 5.74) is 1.34. The summed E-state index contributed by atoms with van der Waals surface area (Å²) in [7, 11) is -1.97. The maximum Gasteiger partial charge on any atom is 0.330 e. The zero-order valence-electron chi connectivity index (χ0n) is 14.5. The molecule has 0 saturated carbocycles. The Hall–Kier alpha value is -2.64. The van der Waals surface area contributed by atoms with Crippen LogP contribution >= 0.6 is 11.6 Å². The second-order valence-corrected chi connectivity index (χ2v) is 7.87. The largest absolute Gasteiger partial charge is 0.461 e. The molecule has 0 bridgehead atoms. The van der Waals surface area contributed by atoms with E-state index in [2.05, 4.69) is 4.40 Å². The molecule has 1 aliphatic rings. The number of hydrogen-bond acceptors (Lipinski definition) is 5. The van der Waals surface area contributed by atoms with Gasteiger partial charge in [-0.25, -0.2) is 4.79 Å². The van der Waals surface area contributed by atoms with Crippen molar-refractivity contribution in [3.05, 3.63) is 70.8 Å². The summed E-state index contributed by atoms with van der Waals surface area (Å²) in [6.45, 7) is 0.399. The minimum absolute atomic E-state index is 0.0937. The van der Waals surface area contributed by atoms with E-state index in [4.69, 9.17) is 16.3 Å². The van der Waals surface area contributed by atoms with E-state index in [1.807, 2.05) is 6.07 Å². The normalized spacial score (nSPS) is 14.7. The van der Waals surface area contributed by atoms with Crippen LogP contribution in [-0.4, -0.2) is 45.3 Å². The number of carbonyl (C=O) groups is 1. The summed E-state index contributed by atoms with van der Waals surface area (Å²) < 4.78 is 33.1. The third kappa shape index (κ3) is 4.56. The summed E-state index contributed by atoms with van der Waals surface area (Å²) in [4.78, 5) is 13.7. The number of carbonyl (C=O) groups excluding carboxylic acids is 1. The smallest absolute Gasteiger partial charge is 0.330 e. The fourth-order valence-electron chi connectivity index (χ4n) is 2.58. The van der Waals surface area contributed by atoms with Crippen LogP contribution in [0.15, 0.2) is 63.9 Å². The van der Waals surface area contributed by atoms with Gasteiger partial charge in [0.05, 0.1) is 6.54 Å². The van der Waals surface area contributed by atoms with Crippen LogP contribution in [0.2, 0.25) is 5.02 Å². The Morgan fingerprint density at radius 1 is 1.22 bits per heavy atom. The molecule has 6 nitrogen and oxygen atoms in total. The predicted molar refractivity (Wildman–Crippen MR) is 104 cm³/mol. The molecule has 0 aliphatic carbocycles. The van der Waals surface area contributed by atoms with Crippen LogP contribution in [0.3, 0.4) is 0 Å². The maximum absolute atomic E-state index is 12.1.